The molecule has 2 aliphatic heterocycles. The highest BCUT2D eigenvalue weighted by Gasteiger charge is 2.62. The van der Waals surface area contributed by atoms with Crippen molar-refractivity contribution in [3.8, 4) is 6.07 Å². The van der Waals surface area contributed by atoms with Crippen molar-refractivity contribution in [2.45, 2.75) is 29.4 Å². The molecule has 0 radical (unpaired) electrons. The third-order valence-electron chi connectivity index (χ3n) is 5.89. The van der Waals surface area contributed by atoms with Gasteiger partial charge in [-0.25, -0.2) is 12.8 Å². The van der Waals surface area contributed by atoms with Crippen LogP contribution in [0.5, 0.6) is 0 Å². The largest absolute Gasteiger partial charge is 0.369 e. The van der Waals surface area contributed by atoms with Crippen LogP contribution in [-0.4, -0.2) is 50.5 Å². The summed E-state index contributed by atoms with van der Waals surface area (Å²) in [5, 5.41) is 8.90. The zero-order chi connectivity index (χ0) is 21.5. The number of hydrogen-bond acceptors (Lipinski definition) is 5. The Morgan fingerprint density at radius 1 is 1.17 bits per heavy atom. The zero-order valence-electron chi connectivity index (χ0n) is 16.3. The number of rotatable bonds is 4. The summed E-state index contributed by atoms with van der Waals surface area (Å²) < 4.78 is 46.5. The maximum Gasteiger partial charge on any atom is 0.259 e. The molecule has 1 unspecified atom stereocenters. The molecule has 2 saturated heterocycles. The minimum Gasteiger partial charge on any atom is -0.369 e. The molecule has 0 saturated carbocycles. The number of methoxy groups -OCH3 is 1. The van der Waals surface area contributed by atoms with Crippen molar-refractivity contribution in [1.29, 1.82) is 5.26 Å². The molecular formula is C21H20FN3O4S. The smallest absolute Gasteiger partial charge is 0.259 e. The molecule has 4 rings (SSSR count). The Morgan fingerprint density at radius 2 is 1.83 bits per heavy atom. The molecule has 1 atom stereocenters. The Labute approximate surface area is 174 Å². The van der Waals surface area contributed by atoms with E-state index < -0.39 is 27.5 Å². The zero-order valence-corrected chi connectivity index (χ0v) is 17.1. The van der Waals surface area contributed by atoms with Gasteiger partial charge in [-0.05, 0) is 55.3 Å². The third-order valence-corrected chi connectivity index (χ3v) is 7.80. The molecule has 0 aliphatic carbocycles. The average Bonchev–Trinajstić information content (AvgIpc) is 2.74. The number of carbonyl (C=O) groups excluding carboxylic acids is 1. The third kappa shape index (κ3) is 3.08. The highest BCUT2D eigenvalue weighted by Crippen LogP contribution is 2.46. The lowest BCUT2D eigenvalue weighted by Crippen LogP contribution is -2.77. The highest BCUT2D eigenvalue weighted by molar-refractivity contribution is 7.89. The standard InChI is InChI=1S/C21H20FN3O4S/c1-29-19-20(26)25(17-4-2-3-16(22)13-17)21(19)9-11-24(12-10-21)30(27,28)18-7-5-15(14-23)6-8-18/h2-8,13,19H,9-12H2,1H3. The maximum absolute atomic E-state index is 13.7. The molecule has 0 N–H and O–H groups in total. The summed E-state index contributed by atoms with van der Waals surface area (Å²) in [7, 11) is -2.28. The maximum atomic E-state index is 13.7. The van der Waals surface area contributed by atoms with Crippen LogP contribution >= 0.6 is 0 Å². The van der Waals surface area contributed by atoms with Gasteiger partial charge in [-0.3, -0.25) is 4.79 Å². The molecule has 9 heteroatoms. The van der Waals surface area contributed by atoms with Crippen LogP contribution in [0.4, 0.5) is 10.1 Å². The Kier molecular flexibility index (Phi) is 5.10. The van der Waals surface area contributed by atoms with E-state index in [-0.39, 0.29) is 23.9 Å². The number of carbonyl (C=O) groups is 1. The monoisotopic (exact) mass is 429 g/mol. The summed E-state index contributed by atoms with van der Waals surface area (Å²) >= 11 is 0. The van der Waals surface area contributed by atoms with Gasteiger partial charge >= 0.3 is 0 Å². The molecule has 1 amide bonds. The van der Waals surface area contributed by atoms with Crippen molar-refractivity contribution < 1.29 is 22.3 Å². The predicted molar refractivity (Wildman–Crippen MR) is 107 cm³/mol. The van der Waals surface area contributed by atoms with Crippen LogP contribution in [0.1, 0.15) is 18.4 Å². The molecule has 7 nitrogen and oxygen atoms in total. The molecular weight excluding hydrogens is 409 g/mol. The molecule has 0 bridgehead atoms. The Hall–Kier alpha value is -2.80. The second-order valence-corrected chi connectivity index (χ2v) is 9.35. The quantitative estimate of drug-likeness (QED) is 0.696. The van der Waals surface area contributed by atoms with Crippen molar-refractivity contribution >= 4 is 21.6 Å². The lowest BCUT2D eigenvalue weighted by molar-refractivity contribution is -0.150. The summed E-state index contributed by atoms with van der Waals surface area (Å²) in [6.45, 7) is 0.391. The van der Waals surface area contributed by atoms with Crippen molar-refractivity contribution in [1.82, 2.24) is 4.31 Å². The van der Waals surface area contributed by atoms with Gasteiger partial charge in [-0.2, -0.15) is 9.57 Å². The van der Waals surface area contributed by atoms with Crippen LogP contribution in [0.25, 0.3) is 0 Å². The van der Waals surface area contributed by atoms with Crippen LogP contribution in [-0.2, 0) is 19.6 Å². The van der Waals surface area contributed by atoms with Crippen LogP contribution in [0.2, 0.25) is 0 Å². The number of nitrogens with zero attached hydrogens (tertiary/aromatic N) is 3. The Bertz CT molecular complexity index is 1120. The van der Waals surface area contributed by atoms with E-state index in [4.69, 9.17) is 10.00 Å². The van der Waals surface area contributed by atoms with Gasteiger partial charge in [0.15, 0.2) is 6.10 Å². The SMILES string of the molecule is COC1C(=O)N(c2cccc(F)c2)C12CCN(S(=O)(=O)c1ccc(C#N)cc1)CC2. The van der Waals surface area contributed by atoms with Gasteiger partial charge < -0.3 is 9.64 Å². The minimum atomic E-state index is -3.73. The highest BCUT2D eigenvalue weighted by atomic mass is 32.2. The summed E-state index contributed by atoms with van der Waals surface area (Å²) in [6.07, 6.45) is 0.0348. The van der Waals surface area contributed by atoms with Crippen LogP contribution < -0.4 is 4.90 Å². The van der Waals surface area contributed by atoms with E-state index in [1.165, 1.54) is 58.8 Å². The van der Waals surface area contributed by atoms with Gasteiger partial charge in [-0.15, -0.1) is 0 Å². The van der Waals surface area contributed by atoms with Crippen molar-refractivity contribution in [2.75, 3.05) is 25.1 Å². The van der Waals surface area contributed by atoms with E-state index >= 15 is 0 Å². The Balaban J connectivity index is 1.58. The number of β-lactam (4-membered cyclic amide) rings is 1. The van der Waals surface area contributed by atoms with Crippen LogP contribution in [0.3, 0.4) is 0 Å². The second kappa shape index (κ2) is 7.47. The molecule has 2 aliphatic rings. The van der Waals surface area contributed by atoms with Crippen molar-refractivity contribution in [3.63, 3.8) is 0 Å². The lowest BCUT2D eigenvalue weighted by Gasteiger charge is -2.59. The number of ether oxygens (including phenoxy) is 1. The van der Waals surface area contributed by atoms with Gasteiger partial charge in [0.2, 0.25) is 10.0 Å². The average molecular weight is 429 g/mol. The van der Waals surface area contributed by atoms with Crippen LogP contribution in [0, 0.1) is 17.1 Å². The topological polar surface area (TPSA) is 90.7 Å². The number of hydrogen-bond donors (Lipinski definition) is 0. The summed E-state index contributed by atoms with van der Waals surface area (Å²) in [5.74, 6) is -0.705. The van der Waals surface area contributed by atoms with Gasteiger partial charge in [0.25, 0.3) is 5.91 Å². The molecule has 2 aromatic rings. The normalized spacial score (nSPS) is 21.3. The fourth-order valence-electron chi connectivity index (χ4n) is 4.39. The van der Waals surface area contributed by atoms with E-state index in [1.807, 2.05) is 6.07 Å². The van der Waals surface area contributed by atoms with Gasteiger partial charge in [0.05, 0.1) is 22.1 Å². The summed E-state index contributed by atoms with van der Waals surface area (Å²) in [6, 6.07) is 13.5. The van der Waals surface area contributed by atoms with E-state index in [0.717, 1.165) is 0 Å². The first kappa shape index (κ1) is 20.5. The summed E-state index contributed by atoms with van der Waals surface area (Å²) in [5.41, 5.74) is 0.112. The van der Waals surface area contributed by atoms with Gasteiger partial charge in [-0.1, -0.05) is 6.07 Å². The number of halogens is 1. The minimum absolute atomic E-state index is 0.118. The Morgan fingerprint density at radius 3 is 2.40 bits per heavy atom. The van der Waals surface area contributed by atoms with E-state index in [0.29, 0.717) is 24.1 Å². The fraction of sp³-hybridized carbons (Fsp3) is 0.333. The van der Waals surface area contributed by atoms with Gasteiger partial charge in [0.1, 0.15) is 5.82 Å². The first-order valence-electron chi connectivity index (χ1n) is 9.46. The molecule has 2 fully saturated rings. The van der Waals surface area contributed by atoms with Crippen LogP contribution in [0.15, 0.2) is 53.4 Å². The first-order chi connectivity index (χ1) is 14.3. The van der Waals surface area contributed by atoms with Gasteiger partial charge in [0, 0.05) is 25.9 Å². The number of piperidine rings is 1. The molecule has 2 aromatic carbocycles. The molecule has 30 heavy (non-hydrogen) atoms. The second-order valence-electron chi connectivity index (χ2n) is 7.41. The molecule has 156 valence electrons. The summed E-state index contributed by atoms with van der Waals surface area (Å²) in [4.78, 5) is 14.3. The molecule has 0 aromatic heterocycles. The van der Waals surface area contributed by atoms with E-state index in [1.54, 1.807) is 6.07 Å². The number of nitriles is 1. The van der Waals surface area contributed by atoms with Crippen molar-refractivity contribution in [3.05, 3.63) is 59.9 Å². The van der Waals surface area contributed by atoms with Crippen molar-refractivity contribution in [2.24, 2.45) is 0 Å². The predicted octanol–water partition coefficient (Wildman–Crippen LogP) is 2.28. The number of sulfonamides is 1. The first-order valence-corrected chi connectivity index (χ1v) is 10.9. The fourth-order valence-corrected chi connectivity index (χ4v) is 5.83. The lowest BCUT2D eigenvalue weighted by atomic mass is 9.73. The molecule has 1 spiro atoms. The number of benzene rings is 2. The number of anilines is 1. The van der Waals surface area contributed by atoms with E-state index in [9.17, 15) is 17.6 Å². The molecule has 2 heterocycles. The van der Waals surface area contributed by atoms with E-state index in [2.05, 4.69) is 0 Å². The number of amides is 1.